The van der Waals surface area contributed by atoms with Crippen LogP contribution in [0.25, 0.3) is 11.3 Å². The molecule has 1 aromatic carbocycles. The SMILES string of the molecule is C[C@H](c1cc(-c2ccccc2)n[nH]1)N(C)C(=O)c1cc(C(F)(F)F)[nH]n1. The highest BCUT2D eigenvalue weighted by atomic mass is 19.4. The van der Waals surface area contributed by atoms with E-state index in [4.69, 9.17) is 0 Å². The molecule has 3 aromatic rings. The molecule has 2 N–H and O–H groups in total. The lowest BCUT2D eigenvalue weighted by Gasteiger charge is -2.22. The van der Waals surface area contributed by atoms with Gasteiger partial charge in [0.05, 0.1) is 17.4 Å². The first-order valence-electron chi connectivity index (χ1n) is 7.78. The van der Waals surface area contributed by atoms with E-state index in [9.17, 15) is 18.0 Å². The van der Waals surface area contributed by atoms with Crippen LogP contribution in [-0.2, 0) is 6.18 Å². The second-order valence-corrected chi connectivity index (χ2v) is 5.83. The number of nitrogens with one attached hydrogen (secondary N) is 2. The van der Waals surface area contributed by atoms with Crippen LogP contribution in [0.4, 0.5) is 13.2 Å². The lowest BCUT2D eigenvalue weighted by Crippen LogP contribution is -2.30. The van der Waals surface area contributed by atoms with Crippen molar-refractivity contribution >= 4 is 5.91 Å². The lowest BCUT2D eigenvalue weighted by atomic mass is 10.1. The second kappa shape index (κ2) is 6.66. The summed E-state index contributed by atoms with van der Waals surface area (Å²) in [5, 5.41) is 12.4. The lowest BCUT2D eigenvalue weighted by molar-refractivity contribution is -0.141. The number of nitrogens with zero attached hydrogens (tertiary/aromatic N) is 3. The molecule has 6 nitrogen and oxygen atoms in total. The second-order valence-electron chi connectivity index (χ2n) is 5.83. The number of halogens is 3. The van der Waals surface area contributed by atoms with E-state index >= 15 is 0 Å². The largest absolute Gasteiger partial charge is 0.432 e. The number of carbonyl (C=O) groups excluding carboxylic acids is 1. The van der Waals surface area contributed by atoms with Gasteiger partial charge in [0, 0.05) is 18.7 Å². The molecule has 2 heterocycles. The summed E-state index contributed by atoms with van der Waals surface area (Å²) in [6.45, 7) is 1.75. The quantitative estimate of drug-likeness (QED) is 0.743. The van der Waals surface area contributed by atoms with Crippen molar-refractivity contribution in [1.82, 2.24) is 25.3 Å². The Morgan fingerprint density at radius 1 is 1.12 bits per heavy atom. The zero-order valence-corrected chi connectivity index (χ0v) is 14.0. The third-order valence-electron chi connectivity index (χ3n) is 4.12. The molecular formula is C17H16F3N5O. The number of hydrogen-bond donors (Lipinski definition) is 2. The van der Waals surface area contributed by atoms with Crippen molar-refractivity contribution in [3.8, 4) is 11.3 Å². The van der Waals surface area contributed by atoms with Crippen molar-refractivity contribution in [2.75, 3.05) is 7.05 Å². The third-order valence-corrected chi connectivity index (χ3v) is 4.12. The number of aromatic amines is 2. The number of H-pyrrole nitrogens is 2. The van der Waals surface area contributed by atoms with E-state index in [-0.39, 0.29) is 5.69 Å². The molecule has 0 aliphatic heterocycles. The number of carbonyl (C=O) groups is 1. The van der Waals surface area contributed by atoms with E-state index in [0.29, 0.717) is 17.5 Å². The van der Waals surface area contributed by atoms with E-state index in [1.54, 1.807) is 13.0 Å². The van der Waals surface area contributed by atoms with E-state index in [2.05, 4.69) is 15.3 Å². The van der Waals surface area contributed by atoms with Crippen LogP contribution in [0.2, 0.25) is 0 Å². The zero-order chi connectivity index (χ0) is 18.9. The Morgan fingerprint density at radius 3 is 2.42 bits per heavy atom. The van der Waals surface area contributed by atoms with Gasteiger partial charge in [-0.2, -0.15) is 23.4 Å². The molecule has 136 valence electrons. The van der Waals surface area contributed by atoms with Crippen molar-refractivity contribution in [2.24, 2.45) is 0 Å². The fourth-order valence-corrected chi connectivity index (χ4v) is 2.45. The van der Waals surface area contributed by atoms with Crippen LogP contribution in [0.1, 0.15) is 34.8 Å². The maximum Gasteiger partial charge on any atom is 0.432 e. The van der Waals surface area contributed by atoms with Gasteiger partial charge in [-0.3, -0.25) is 15.0 Å². The van der Waals surface area contributed by atoms with Crippen LogP contribution in [0.15, 0.2) is 42.5 Å². The third kappa shape index (κ3) is 3.46. The van der Waals surface area contributed by atoms with Crippen LogP contribution >= 0.6 is 0 Å². The molecule has 0 bridgehead atoms. The average molecular weight is 363 g/mol. The predicted molar refractivity (Wildman–Crippen MR) is 88.1 cm³/mol. The molecule has 0 unspecified atom stereocenters. The monoisotopic (exact) mass is 363 g/mol. The summed E-state index contributed by atoms with van der Waals surface area (Å²) in [5.74, 6) is -0.625. The summed E-state index contributed by atoms with van der Waals surface area (Å²) in [7, 11) is 1.50. The molecule has 1 amide bonds. The van der Waals surface area contributed by atoms with Crippen LogP contribution in [-0.4, -0.2) is 38.2 Å². The van der Waals surface area contributed by atoms with Gasteiger partial charge in [-0.25, -0.2) is 0 Å². The van der Waals surface area contributed by atoms with Crippen LogP contribution in [0.5, 0.6) is 0 Å². The summed E-state index contributed by atoms with van der Waals surface area (Å²) >= 11 is 0. The summed E-state index contributed by atoms with van der Waals surface area (Å²) in [6, 6.07) is 11.5. The first-order chi connectivity index (χ1) is 12.3. The molecule has 0 fully saturated rings. The number of aromatic nitrogens is 4. The molecule has 0 aliphatic carbocycles. The van der Waals surface area contributed by atoms with Crippen molar-refractivity contribution in [1.29, 1.82) is 0 Å². The van der Waals surface area contributed by atoms with Crippen molar-refractivity contribution in [2.45, 2.75) is 19.1 Å². The average Bonchev–Trinajstić information content (AvgIpc) is 3.29. The standard InChI is InChI=1S/C17H16F3N5O/c1-10(12-8-13(22-21-12)11-6-4-3-5-7-11)25(2)16(26)14-9-15(24-23-14)17(18,19)20/h3-10H,1-2H3,(H,21,22)(H,23,24)/t10-/m1/s1. The molecule has 0 radical (unpaired) electrons. The van der Waals surface area contributed by atoms with Gasteiger partial charge < -0.3 is 4.90 Å². The highest BCUT2D eigenvalue weighted by Gasteiger charge is 2.34. The fraction of sp³-hybridized carbons (Fsp3) is 0.235. The number of amides is 1. The maximum atomic E-state index is 12.6. The van der Waals surface area contributed by atoms with Gasteiger partial charge in [-0.1, -0.05) is 30.3 Å². The molecule has 0 saturated carbocycles. The molecule has 0 saturated heterocycles. The van der Waals surface area contributed by atoms with Crippen LogP contribution in [0.3, 0.4) is 0 Å². The number of hydrogen-bond acceptors (Lipinski definition) is 3. The van der Waals surface area contributed by atoms with Gasteiger partial charge >= 0.3 is 6.18 Å². The van der Waals surface area contributed by atoms with E-state index in [0.717, 1.165) is 5.56 Å². The Bertz CT molecular complexity index is 901. The molecule has 0 spiro atoms. The maximum absolute atomic E-state index is 12.6. The minimum atomic E-state index is -4.58. The van der Waals surface area contributed by atoms with Gasteiger partial charge in [0.2, 0.25) is 0 Å². The van der Waals surface area contributed by atoms with Gasteiger partial charge in [-0.15, -0.1) is 0 Å². The Kier molecular flexibility index (Phi) is 4.54. The molecule has 9 heteroatoms. The van der Waals surface area contributed by atoms with Crippen molar-refractivity contribution < 1.29 is 18.0 Å². The van der Waals surface area contributed by atoms with Gasteiger partial charge in [0.25, 0.3) is 5.91 Å². The summed E-state index contributed by atoms with van der Waals surface area (Å²) in [5.41, 5.74) is 0.932. The zero-order valence-electron chi connectivity index (χ0n) is 14.0. The first kappa shape index (κ1) is 17.7. The minimum Gasteiger partial charge on any atom is -0.332 e. The van der Waals surface area contributed by atoms with E-state index in [1.165, 1.54) is 11.9 Å². The molecule has 3 rings (SSSR count). The molecule has 26 heavy (non-hydrogen) atoms. The van der Waals surface area contributed by atoms with E-state index < -0.39 is 23.8 Å². The minimum absolute atomic E-state index is 0.297. The predicted octanol–water partition coefficient (Wildman–Crippen LogP) is 3.65. The fourth-order valence-electron chi connectivity index (χ4n) is 2.45. The topological polar surface area (TPSA) is 77.7 Å². The smallest absolute Gasteiger partial charge is 0.332 e. The first-order valence-corrected chi connectivity index (χ1v) is 7.78. The van der Waals surface area contributed by atoms with Crippen molar-refractivity contribution in [3.63, 3.8) is 0 Å². The van der Waals surface area contributed by atoms with Gasteiger partial charge in [0.1, 0.15) is 5.69 Å². The van der Waals surface area contributed by atoms with Crippen molar-refractivity contribution in [3.05, 3.63) is 59.5 Å². The number of rotatable bonds is 4. The molecule has 0 aliphatic rings. The summed E-state index contributed by atoms with van der Waals surface area (Å²) in [4.78, 5) is 13.7. The molecule has 1 atom stereocenters. The van der Waals surface area contributed by atoms with Crippen LogP contribution in [0, 0.1) is 0 Å². The van der Waals surface area contributed by atoms with Gasteiger partial charge in [-0.05, 0) is 13.0 Å². The van der Waals surface area contributed by atoms with Gasteiger partial charge in [0.15, 0.2) is 5.69 Å². The normalized spacial score (nSPS) is 12.8. The van der Waals surface area contributed by atoms with E-state index in [1.807, 2.05) is 35.4 Å². The summed E-state index contributed by atoms with van der Waals surface area (Å²) < 4.78 is 37.9. The number of alkyl halides is 3. The Morgan fingerprint density at radius 2 is 1.81 bits per heavy atom. The molecule has 2 aromatic heterocycles. The highest BCUT2D eigenvalue weighted by molar-refractivity contribution is 5.92. The Balaban J connectivity index is 1.77. The molecular weight excluding hydrogens is 347 g/mol. The number of benzene rings is 1. The highest BCUT2D eigenvalue weighted by Crippen LogP contribution is 2.29. The summed E-state index contributed by atoms with van der Waals surface area (Å²) in [6.07, 6.45) is -4.58. The Labute approximate surface area is 147 Å². The Hall–Kier alpha value is -3.10. The van der Waals surface area contributed by atoms with Crippen LogP contribution < -0.4 is 0 Å².